The molecule has 2 rings (SSSR count). The number of amidine groups is 1. The van der Waals surface area contributed by atoms with E-state index in [1.807, 2.05) is 4.90 Å². The van der Waals surface area contributed by atoms with Gasteiger partial charge in [0, 0.05) is 36.9 Å². The van der Waals surface area contributed by atoms with Crippen molar-refractivity contribution in [1.82, 2.24) is 14.8 Å². The lowest BCUT2D eigenvalue weighted by Crippen LogP contribution is -2.56. The van der Waals surface area contributed by atoms with E-state index in [-0.39, 0.29) is 11.7 Å². The van der Waals surface area contributed by atoms with E-state index < -0.39 is 0 Å². The van der Waals surface area contributed by atoms with E-state index in [0.717, 1.165) is 0 Å². The third kappa shape index (κ3) is 3.13. The molecule has 3 N–H and O–H groups in total. The van der Waals surface area contributed by atoms with Gasteiger partial charge < -0.3 is 15.8 Å². The number of hydrogen-bond donors (Lipinski definition) is 2. The van der Waals surface area contributed by atoms with Crippen LogP contribution in [0.2, 0.25) is 0 Å². The topological polar surface area (TPSA) is 95.0 Å². The summed E-state index contributed by atoms with van der Waals surface area (Å²) in [7, 11) is 2.07. The first-order valence-corrected chi connectivity index (χ1v) is 6.89. The predicted octanol–water partition coefficient (Wildman–Crippen LogP) is 0.341. The molecule has 0 radical (unpaired) electrons. The van der Waals surface area contributed by atoms with Gasteiger partial charge in [-0.05, 0) is 33.0 Å². The van der Waals surface area contributed by atoms with Crippen LogP contribution < -0.4 is 5.73 Å². The van der Waals surface area contributed by atoms with Crippen LogP contribution in [0, 0.1) is 0 Å². The smallest absolute Gasteiger partial charge is 0.272 e. The maximum Gasteiger partial charge on any atom is 0.272 e. The highest BCUT2D eigenvalue weighted by atomic mass is 16.4. The number of likely N-dealkylation sites (N-methyl/N-ethyl adjacent to an activating group) is 1. The van der Waals surface area contributed by atoms with E-state index in [1.54, 1.807) is 12.1 Å². The van der Waals surface area contributed by atoms with E-state index in [0.29, 0.717) is 36.4 Å². The molecule has 1 amide bonds. The molecule has 1 aliphatic rings. The monoisotopic (exact) mass is 291 g/mol. The van der Waals surface area contributed by atoms with Crippen molar-refractivity contribution in [2.45, 2.75) is 25.9 Å². The number of oxime groups is 1. The minimum Gasteiger partial charge on any atom is -0.409 e. The molecule has 1 aromatic heterocycles. The van der Waals surface area contributed by atoms with Crippen LogP contribution in [0.3, 0.4) is 0 Å². The molecule has 1 aromatic rings. The summed E-state index contributed by atoms with van der Waals surface area (Å²) in [5, 5.41) is 11.5. The minimum absolute atomic E-state index is 0.0247. The molecule has 7 heteroatoms. The normalized spacial score (nSPS) is 24.1. The highest BCUT2D eigenvalue weighted by molar-refractivity contribution is 5.98. The number of hydrogen-bond acceptors (Lipinski definition) is 5. The lowest BCUT2D eigenvalue weighted by molar-refractivity contribution is 0.0409. The van der Waals surface area contributed by atoms with Crippen LogP contribution >= 0.6 is 0 Å². The Morgan fingerprint density at radius 1 is 1.38 bits per heavy atom. The third-order valence-corrected chi connectivity index (χ3v) is 4.03. The molecule has 114 valence electrons. The zero-order chi connectivity index (χ0) is 15.6. The molecule has 7 nitrogen and oxygen atoms in total. The van der Waals surface area contributed by atoms with Gasteiger partial charge in [-0.1, -0.05) is 5.16 Å². The Hall–Kier alpha value is -2.15. The molecular weight excluding hydrogens is 270 g/mol. The molecule has 0 aliphatic carbocycles. The molecule has 2 unspecified atom stereocenters. The summed E-state index contributed by atoms with van der Waals surface area (Å²) in [6.07, 6.45) is 1.44. The van der Waals surface area contributed by atoms with Crippen molar-refractivity contribution in [3.05, 3.63) is 29.6 Å². The summed E-state index contributed by atoms with van der Waals surface area (Å²) in [5.74, 6) is -0.115. The van der Waals surface area contributed by atoms with E-state index in [2.05, 4.69) is 35.9 Å². The van der Waals surface area contributed by atoms with Crippen LogP contribution in [0.4, 0.5) is 0 Å². The maximum absolute atomic E-state index is 12.5. The van der Waals surface area contributed by atoms with E-state index >= 15 is 0 Å². The molecule has 2 heterocycles. The van der Waals surface area contributed by atoms with Crippen molar-refractivity contribution in [2.24, 2.45) is 10.9 Å². The van der Waals surface area contributed by atoms with Crippen LogP contribution in [0.5, 0.6) is 0 Å². The molecule has 0 bridgehead atoms. The van der Waals surface area contributed by atoms with Crippen molar-refractivity contribution >= 4 is 11.7 Å². The second kappa shape index (κ2) is 6.09. The van der Waals surface area contributed by atoms with Gasteiger partial charge in [-0.3, -0.25) is 14.7 Å². The number of amides is 1. The third-order valence-electron chi connectivity index (χ3n) is 4.03. The summed E-state index contributed by atoms with van der Waals surface area (Å²) >= 11 is 0. The molecule has 21 heavy (non-hydrogen) atoms. The molecule has 0 aromatic carbocycles. The summed E-state index contributed by atoms with van der Waals surface area (Å²) in [4.78, 5) is 20.7. The van der Waals surface area contributed by atoms with Gasteiger partial charge in [-0.2, -0.15) is 0 Å². The van der Waals surface area contributed by atoms with Crippen LogP contribution in [0.15, 0.2) is 23.5 Å². The van der Waals surface area contributed by atoms with Crippen molar-refractivity contribution in [3.8, 4) is 0 Å². The largest absolute Gasteiger partial charge is 0.409 e. The SMILES string of the molecule is CC1CN(C(=O)c2ccc(/C(N)=N/O)cn2)CC(C)N1C. The first-order chi connectivity index (χ1) is 9.93. The van der Waals surface area contributed by atoms with E-state index in [9.17, 15) is 4.79 Å². The van der Waals surface area contributed by atoms with Gasteiger partial charge in [0.2, 0.25) is 0 Å². The second-order valence-electron chi connectivity index (χ2n) is 5.49. The summed E-state index contributed by atoms with van der Waals surface area (Å²) in [6, 6.07) is 3.85. The lowest BCUT2D eigenvalue weighted by Gasteiger charge is -2.42. The van der Waals surface area contributed by atoms with Crippen LogP contribution in [-0.4, -0.2) is 64.0 Å². The Balaban J connectivity index is 2.13. The summed E-state index contributed by atoms with van der Waals surface area (Å²) < 4.78 is 0. The van der Waals surface area contributed by atoms with Crippen molar-refractivity contribution in [2.75, 3.05) is 20.1 Å². The summed E-state index contributed by atoms with van der Waals surface area (Å²) in [6.45, 7) is 5.57. The fourth-order valence-corrected chi connectivity index (χ4v) is 2.46. The van der Waals surface area contributed by atoms with Gasteiger partial charge in [-0.15, -0.1) is 0 Å². The van der Waals surface area contributed by atoms with Gasteiger partial charge in [0.1, 0.15) is 5.69 Å². The Bertz CT molecular complexity index is 531. The first kappa shape index (κ1) is 15.2. The number of pyridine rings is 1. The molecule has 0 saturated carbocycles. The Morgan fingerprint density at radius 3 is 2.48 bits per heavy atom. The van der Waals surface area contributed by atoms with Crippen LogP contribution in [0.1, 0.15) is 29.9 Å². The number of carbonyl (C=O) groups excluding carboxylic acids is 1. The van der Waals surface area contributed by atoms with Gasteiger partial charge in [0.05, 0.1) is 0 Å². The Kier molecular flexibility index (Phi) is 4.42. The number of piperazine rings is 1. The van der Waals surface area contributed by atoms with Crippen molar-refractivity contribution in [1.29, 1.82) is 0 Å². The number of nitrogens with zero attached hydrogens (tertiary/aromatic N) is 4. The minimum atomic E-state index is -0.0899. The molecular formula is C14H21N5O2. The number of rotatable bonds is 2. The molecule has 1 aliphatic heterocycles. The first-order valence-electron chi connectivity index (χ1n) is 6.89. The van der Waals surface area contributed by atoms with Crippen LogP contribution in [0.25, 0.3) is 0 Å². The van der Waals surface area contributed by atoms with E-state index in [1.165, 1.54) is 6.20 Å². The zero-order valence-electron chi connectivity index (χ0n) is 12.5. The van der Waals surface area contributed by atoms with Gasteiger partial charge in [-0.25, -0.2) is 0 Å². The van der Waals surface area contributed by atoms with Crippen LogP contribution in [-0.2, 0) is 0 Å². The quantitative estimate of drug-likeness (QED) is 0.354. The van der Waals surface area contributed by atoms with Gasteiger partial charge in [0.15, 0.2) is 5.84 Å². The predicted molar refractivity (Wildman–Crippen MR) is 79.3 cm³/mol. The molecule has 1 saturated heterocycles. The van der Waals surface area contributed by atoms with E-state index in [4.69, 9.17) is 10.9 Å². The van der Waals surface area contributed by atoms with Crippen molar-refractivity contribution in [3.63, 3.8) is 0 Å². The van der Waals surface area contributed by atoms with Gasteiger partial charge >= 0.3 is 0 Å². The average Bonchev–Trinajstić information content (AvgIpc) is 2.50. The molecule has 2 atom stereocenters. The fraction of sp³-hybridized carbons (Fsp3) is 0.500. The zero-order valence-corrected chi connectivity index (χ0v) is 12.5. The number of aromatic nitrogens is 1. The maximum atomic E-state index is 12.5. The highest BCUT2D eigenvalue weighted by Crippen LogP contribution is 2.15. The molecule has 0 spiro atoms. The fourth-order valence-electron chi connectivity index (χ4n) is 2.46. The highest BCUT2D eigenvalue weighted by Gasteiger charge is 2.30. The van der Waals surface area contributed by atoms with Gasteiger partial charge in [0.25, 0.3) is 5.91 Å². The average molecular weight is 291 g/mol. The second-order valence-corrected chi connectivity index (χ2v) is 5.49. The number of nitrogens with two attached hydrogens (primary N) is 1. The molecule has 1 fully saturated rings. The summed E-state index contributed by atoms with van der Waals surface area (Å²) in [5.41, 5.74) is 6.32. The Morgan fingerprint density at radius 2 is 2.00 bits per heavy atom. The number of carbonyl (C=O) groups is 1. The standard InChI is InChI=1S/C14H21N5O2/c1-9-7-19(8-10(2)18(9)3)14(20)12-5-4-11(6-16-12)13(15)17-21/h4-6,9-10,21H,7-8H2,1-3H3,(H2,15,17). The van der Waals surface area contributed by atoms with Crippen molar-refractivity contribution < 1.29 is 10.0 Å². The Labute approximate surface area is 124 Å². The lowest BCUT2D eigenvalue weighted by atomic mass is 10.1.